The molecule has 1 aliphatic heterocycles. The first-order valence-electron chi connectivity index (χ1n) is 5.51. The van der Waals surface area contributed by atoms with Crippen molar-refractivity contribution in [2.45, 2.75) is 38.6 Å². The summed E-state index contributed by atoms with van der Waals surface area (Å²) in [5.41, 5.74) is 0.735. The van der Waals surface area contributed by atoms with Crippen LogP contribution in [0.2, 0.25) is 0 Å². The van der Waals surface area contributed by atoms with Gasteiger partial charge in [-0.1, -0.05) is 0 Å². The van der Waals surface area contributed by atoms with Crippen LogP contribution in [0.1, 0.15) is 20.8 Å². The van der Waals surface area contributed by atoms with Gasteiger partial charge >= 0.3 is 16.5 Å². The summed E-state index contributed by atoms with van der Waals surface area (Å²) in [6.45, 7) is 4.46. The molecule has 0 aromatic heterocycles. The van der Waals surface area contributed by atoms with Crippen molar-refractivity contribution >= 4 is 22.1 Å². The number of hydrogen-bond acceptors (Lipinski definition) is 5. The number of halogens is 3. The number of nitrogens with one attached hydrogen (secondary N) is 1. The molecule has 1 heterocycles. The van der Waals surface area contributed by atoms with Crippen molar-refractivity contribution in [2.75, 3.05) is 0 Å². The summed E-state index contributed by atoms with van der Waals surface area (Å²) in [7, 11) is -5.41. The molecule has 2 N–H and O–H groups in total. The van der Waals surface area contributed by atoms with E-state index >= 15 is 0 Å². The average Bonchev–Trinajstić information content (AvgIpc) is 2.18. The number of β-lactam (4-membered cyclic amide) rings is 1. The third kappa shape index (κ3) is 3.83. The van der Waals surface area contributed by atoms with Crippen LogP contribution >= 0.6 is 0 Å². The van der Waals surface area contributed by atoms with Crippen LogP contribution in [-0.4, -0.2) is 46.9 Å². The number of carbonyl (C=O) groups is 2. The second-order valence-corrected chi connectivity index (χ2v) is 6.55. The zero-order chi connectivity index (χ0) is 16.8. The van der Waals surface area contributed by atoms with Crippen LogP contribution in [0.15, 0.2) is 0 Å². The predicted octanol–water partition coefficient (Wildman–Crippen LogP) is 0.0248. The van der Waals surface area contributed by atoms with Crippen LogP contribution in [0.3, 0.4) is 0 Å². The minimum atomic E-state index is -5.41. The van der Waals surface area contributed by atoms with Crippen molar-refractivity contribution in [1.29, 1.82) is 0 Å². The van der Waals surface area contributed by atoms with Crippen LogP contribution in [0.5, 0.6) is 0 Å². The van der Waals surface area contributed by atoms with E-state index in [1.54, 1.807) is 5.48 Å². The molecule has 2 atom stereocenters. The minimum Gasteiger partial charge on any atom is -0.273 e. The molecule has 0 radical (unpaired) electrons. The molecule has 0 aromatic carbocycles. The maximum Gasteiger partial charge on any atom is 0.411 e. The highest BCUT2D eigenvalue weighted by Crippen LogP contribution is 2.40. The molecule has 21 heavy (non-hydrogen) atoms. The van der Waals surface area contributed by atoms with Gasteiger partial charge in [-0.05, 0) is 20.8 Å². The molecule has 2 amide bonds. The lowest BCUT2D eigenvalue weighted by Gasteiger charge is -2.43. The molecule has 12 heteroatoms. The lowest BCUT2D eigenvalue weighted by Crippen LogP contribution is -2.71. The Hall–Kier alpha value is -1.40. The van der Waals surface area contributed by atoms with E-state index in [1.165, 1.54) is 20.8 Å². The fourth-order valence-electron chi connectivity index (χ4n) is 1.56. The fourth-order valence-corrected chi connectivity index (χ4v) is 2.43. The molecule has 1 fully saturated rings. The first-order chi connectivity index (χ1) is 9.16. The van der Waals surface area contributed by atoms with E-state index in [4.69, 9.17) is 9.39 Å². The van der Waals surface area contributed by atoms with Crippen LogP contribution in [-0.2, 0) is 24.7 Å². The van der Waals surface area contributed by atoms with Crippen molar-refractivity contribution in [3.63, 3.8) is 0 Å². The highest BCUT2D eigenvalue weighted by atomic mass is 32.2. The van der Waals surface area contributed by atoms with Gasteiger partial charge in [-0.25, -0.2) is 9.79 Å². The molecule has 8 nitrogen and oxygen atoms in total. The molecule has 0 aliphatic carbocycles. The Morgan fingerprint density at radius 3 is 2.14 bits per heavy atom. The first kappa shape index (κ1) is 17.7. The van der Waals surface area contributed by atoms with Gasteiger partial charge in [0.2, 0.25) is 0 Å². The predicted molar refractivity (Wildman–Crippen MR) is 60.7 cm³/mol. The number of hydroxylamine groups is 1. The SMILES string of the molecule is CC(C)(C)ONC(=O)C1C(=O)N(S(=O)(=O)O)C1C(F)(F)F. The van der Waals surface area contributed by atoms with Crippen LogP contribution in [0.4, 0.5) is 13.2 Å². The van der Waals surface area contributed by atoms with E-state index in [0.29, 0.717) is 0 Å². The summed E-state index contributed by atoms with van der Waals surface area (Å²) in [6.07, 6.45) is -5.21. The summed E-state index contributed by atoms with van der Waals surface area (Å²) >= 11 is 0. The maximum absolute atomic E-state index is 12.7. The van der Waals surface area contributed by atoms with Gasteiger partial charge in [-0.2, -0.15) is 21.6 Å². The quantitative estimate of drug-likeness (QED) is 0.326. The molecule has 0 saturated carbocycles. The molecule has 1 rings (SSSR count). The molecule has 1 saturated heterocycles. The monoisotopic (exact) mass is 334 g/mol. The molecule has 2 unspecified atom stereocenters. The van der Waals surface area contributed by atoms with E-state index in [2.05, 4.69) is 0 Å². The second kappa shape index (κ2) is 5.10. The van der Waals surface area contributed by atoms with Gasteiger partial charge in [0, 0.05) is 0 Å². The largest absolute Gasteiger partial charge is 0.411 e. The third-order valence-electron chi connectivity index (χ3n) is 2.38. The van der Waals surface area contributed by atoms with Gasteiger partial charge in [0.25, 0.3) is 11.8 Å². The summed E-state index contributed by atoms with van der Waals surface area (Å²) in [4.78, 5) is 27.7. The van der Waals surface area contributed by atoms with Crippen molar-refractivity contribution < 1.29 is 40.6 Å². The number of alkyl halides is 3. The van der Waals surface area contributed by atoms with E-state index in [0.717, 1.165) is 0 Å². The number of carbonyl (C=O) groups excluding carboxylic acids is 2. The smallest absolute Gasteiger partial charge is 0.273 e. The Labute approximate surface area is 118 Å². The lowest BCUT2D eigenvalue weighted by atomic mass is 9.89. The molecular formula is C9H13F3N2O6S. The Morgan fingerprint density at radius 1 is 1.33 bits per heavy atom. The molecule has 0 spiro atoms. The Kier molecular flexibility index (Phi) is 4.29. The molecular weight excluding hydrogens is 321 g/mol. The second-order valence-electron chi connectivity index (χ2n) is 5.26. The van der Waals surface area contributed by atoms with Crippen molar-refractivity contribution in [3.05, 3.63) is 0 Å². The van der Waals surface area contributed by atoms with Crippen LogP contribution < -0.4 is 5.48 Å². The number of hydrogen-bond donors (Lipinski definition) is 2. The summed E-state index contributed by atoms with van der Waals surface area (Å²) in [6, 6.07) is -2.97. The maximum atomic E-state index is 12.7. The zero-order valence-corrected chi connectivity index (χ0v) is 11.9. The fraction of sp³-hybridized carbons (Fsp3) is 0.778. The van der Waals surface area contributed by atoms with Gasteiger partial charge in [0.15, 0.2) is 12.0 Å². The molecule has 0 bridgehead atoms. The molecule has 0 aromatic rings. The van der Waals surface area contributed by atoms with Gasteiger partial charge < -0.3 is 0 Å². The Bertz CT molecular complexity index is 553. The standard InChI is InChI=1S/C9H13F3N2O6S/c1-8(2,3)20-13-6(15)4-5(9(10,11)12)14(7(4)16)21(17,18)19/h4-5H,1-3H3,(H,13,15)(H,17,18,19). The first-order valence-corrected chi connectivity index (χ1v) is 6.91. The normalized spacial score (nSPS) is 23.8. The summed E-state index contributed by atoms with van der Waals surface area (Å²) in [5.74, 6) is -5.47. The average molecular weight is 334 g/mol. The highest BCUT2D eigenvalue weighted by Gasteiger charge is 2.67. The van der Waals surface area contributed by atoms with E-state index < -0.39 is 50.2 Å². The Morgan fingerprint density at radius 2 is 1.81 bits per heavy atom. The Balaban J connectivity index is 2.98. The van der Waals surface area contributed by atoms with Gasteiger partial charge in [0.05, 0.1) is 5.60 Å². The van der Waals surface area contributed by atoms with E-state index in [1.807, 2.05) is 0 Å². The molecule has 122 valence electrons. The zero-order valence-electron chi connectivity index (χ0n) is 11.1. The van der Waals surface area contributed by atoms with Crippen molar-refractivity contribution in [2.24, 2.45) is 5.92 Å². The number of amides is 2. The van der Waals surface area contributed by atoms with Gasteiger partial charge in [0.1, 0.15) is 0 Å². The van der Waals surface area contributed by atoms with Gasteiger partial charge in [-0.15, -0.1) is 0 Å². The highest BCUT2D eigenvalue weighted by molar-refractivity contribution is 7.84. The molecule has 1 aliphatic rings. The van der Waals surface area contributed by atoms with Crippen LogP contribution in [0.25, 0.3) is 0 Å². The lowest BCUT2D eigenvalue weighted by molar-refractivity contribution is -0.219. The number of nitrogens with zero attached hydrogens (tertiary/aromatic N) is 1. The van der Waals surface area contributed by atoms with Crippen LogP contribution in [0, 0.1) is 5.92 Å². The van der Waals surface area contributed by atoms with E-state index in [-0.39, 0.29) is 0 Å². The topological polar surface area (TPSA) is 113 Å². The van der Waals surface area contributed by atoms with Crippen molar-refractivity contribution in [1.82, 2.24) is 9.79 Å². The minimum absolute atomic E-state index is 0.783. The van der Waals surface area contributed by atoms with E-state index in [9.17, 15) is 31.2 Å². The third-order valence-corrected chi connectivity index (χ3v) is 3.28. The van der Waals surface area contributed by atoms with Crippen molar-refractivity contribution in [3.8, 4) is 0 Å². The summed E-state index contributed by atoms with van der Waals surface area (Å²) < 4.78 is 67.6. The van der Waals surface area contributed by atoms with Gasteiger partial charge in [-0.3, -0.25) is 19.0 Å². The summed E-state index contributed by atoms with van der Waals surface area (Å²) in [5, 5.41) is 0. The number of rotatable bonds is 3.